The van der Waals surface area contributed by atoms with Crippen LogP contribution in [0.2, 0.25) is 10.0 Å². The van der Waals surface area contributed by atoms with E-state index in [1.54, 1.807) is 19.1 Å². The van der Waals surface area contributed by atoms with Gasteiger partial charge in [-0.25, -0.2) is 4.79 Å². The fourth-order valence-corrected chi connectivity index (χ4v) is 2.01. The number of halogens is 2. The molecule has 22 heavy (non-hydrogen) atoms. The van der Waals surface area contributed by atoms with Crippen molar-refractivity contribution in [3.8, 4) is 0 Å². The third-order valence-corrected chi connectivity index (χ3v) is 3.22. The van der Waals surface area contributed by atoms with Crippen molar-refractivity contribution in [1.82, 2.24) is 5.16 Å². The van der Waals surface area contributed by atoms with Gasteiger partial charge in [0.2, 0.25) is 5.76 Å². The van der Waals surface area contributed by atoms with E-state index in [0.717, 1.165) is 0 Å². The number of carbonyl (C=O) groups is 2. The maximum Gasteiger partial charge on any atom is 0.377 e. The second-order valence-electron chi connectivity index (χ2n) is 4.49. The lowest BCUT2D eigenvalue weighted by molar-refractivity contribution is -0.123. The van der Waals surface area contributed by atoms with Crippen LogP contribution in [0.1, 0.15) is 23.2 Å². The molecule has 1 aromatic carbocycles. The molecule has 0 fully saturated rings. The molecule has 0 bridgehead atoms. The SMILES string of the molecule is Cc1cc(C(=O)O[C@@H](C)C(=O)Nc2ccc(Cl)cc2Cl)on1. The fraction of sp³-hybridized carbons (Fsp3) is 0.214. The molecular weight excluding hydrogens is 331 g/mol. The Morgan fingerprint density at radius 3 is 2.64 bits per heavy atom. The van der Waals surface area contributed by atoms with Gasteiger partial charge in [-0.15, -0.1) is 0 Å². The highest BCUT2D eigenvalue weighted by molar-refractivity contribution is 6.36. The average molecular weight is 343 g/mol. The number of hydrogen-bond acceptors (Lipinski definition) is 5. The zero-order valence-corrected chi connectivity index (χ0v) is 13.2. The minimum absolute atomic E-state index is 0.0679. The second-order valence-corrected chi connectivity index (χ2v) is 5.34. The van der Waals surface area contributed by atoms with Gasteiger partial charge in [0.15, 0.2) is 6.10 Å². The zero-order valence-electron chi connectivity index (χ0n) is 11.7. The molecule has 2 aromatic rings. The van der Waals surface area contributed by atoms with Gasteiger partial charge in [0.25, 0.3) is 5.91 Å². The number of esters is 1. The molecule has 2 rings (SSSR count). The van der Waals surface area contributed by atoms with Crippen LogP contribution in [0.5, 0.6) is 0 Å². The van der Waals surface area contributed by atoms with E-state index in [-0.39, 0.29) is 10.8 Å². The molecule has 8 heteroatoms. The predicted molar refractivity (Wildman–Crippen MR) is 81.2 cm³/mol. The highest BCUT2D eigenvalue weighted by Gasteiger charge is 2.22. The molecule has 1 N–H and O–H groups in total. The molecule has 1 aromatic heterocycles. The maximum absolute atomic E-state index is 12.0. The van der Waals surface area contributed by atoms with Gasteiger partial charge in [0, 0.05) is 11.1 Å². The largest absolute Gasteiger partial charge is 0.447 e. The summed E-state index contributed by atoms with van der Waals surface area (Å²) in [6, 6.07) is 6.05. The molecule has 0 spiro atoms. The Morgan fingerprint density at radius 2 is 2.05 bits per heavy atom. The number of hydrogen-bond donors (Lipinski definition) is 1. The summed E-state index contributed by atoms with van der Waals surface area (Å²) in [5, 5.41) is 6.85. The van der Waals surface area contributed by atoms with Crippen LogP contribution in [0.25, 0.3) is 0 Å². The summed E-state index contributed by atoms with van der Waals surface area (Å²) in [6.07, 6.45) is -1.04. The number of nitrogens with zero attached hydrogens (tertiary/aromatic N) is 1. The lowest BCUT2D eigenvalue weighted by Gasteiger charge is -2.13. The molecule has 1 heterocycles. The van der Waals surface area contributed by atoms with Crippen molar-refractivity contribution in [2.45, 2.75) is 20.0 Å². The van der Waals surface area contributed by atoms with Crippen LogP contribution in [0.15, 0.2) is 28.8 Å². The van der Waals surface area contributed by atoms with E-state index in [2.05, 4.69) is 10.5 Å². The smallest absolute Gasteiger partial charge is 0.377 e. The van der Waals surface area contributed by atoms with E-state index in [1.165, 1.54) is 19.1 Å². The van der Waals surface area contributed by atoms with Gasteiger partial charge in [-0.05, 0) is 32.0 Å². The van der Waals surface area contributed by atoms with E-state index in [4.69, 9.17) is 32.5 Å². The molecule has 116 valence electrons. The first-order valence-corrected chi connectivity index (χ1v) is 7.02. The molecular formula is C14H12Cl2N2O4. The van der Waals surface area contributed by atoms with Gasteiger partial charge in [0.05, 0.1) is 16.4 Å². The highest BCUT2D eigenvalue weighted by Crippen LogP contribution is 2.25. The molecule has 0 aliphatic carbocycles. The summed E-state index contributed by atoms with van der Waals surface area (Å²) >= 11 is 11.7. The number of amides is 1. The predicted octanol–water partition coefficient (Wildman–Crippen LogP) is 3.47. The van der Waals surface area contributed by atoms with Crippen LogP contribution in [0.3, 0.4) is 0 Å². The fourth-order valence-electron chi connectivity index (χ4n) is 1.56. The first-order valence-electron chi connectivity index (χ1n) is 6.27. The van der Waals surface area contributed by atoms with Crippen molar-refractivity contribution in [3.05, 3.63) is 45.8 Å². The summed E-state index contributed by atoms with van der Waals surface area (Å²) in [7, 11) is 0. The van der Waals surface area contributed by atoms with E-state index < -0.39 is 18.0 Å². The molecule has 0 radical (unpaired) electrons. The van der Waals surface area contributed by atoms with Crippen molar-refractivity contribution >= 4 is 40.8 Å². The second kappa shape index (κ2) is 6.81. The third kappa shape index (κ3) is 3.99. The molecule has 0 aliphatic heterocycles. The lowest BCUT2D eigenvalue weighted by Crippen LogP contribution is -2.30. The van der Waals surface area contributed by atoms with Crippen LogP contribution in [0.4, 0.5) is 5.69 Å². The van der Waals surface area contributed by atoms with Crippen LogP contribution in [-0.4, -0.2) is 23.1 Å². The summed E-state index contributed by atoms with van der Waals surface area (Å²) < 4.78 is 9.76. The molecule has 0 unspecified atom stereocenters. The maximum atomic E-state index is 12.0. The monoisotopic (exact) mass is 342 g/mol. The van der Waals surface area contributed by atoms with E-state index in [9.17, 15) is 9.59 Å². The van der Waals surface area contributed by atoms with Crippen molar-refractivity contribution in [1.29, 1.82) is 0 Å². The van der Waals surface area contributed by atoms with Crippen LogP contribution < -0.4 is 5.32 Å². The molecule has 1 atom stereocenters. The number of nitrogens with one attached hydrogen (secondary N) is 1. The number of aromatic nitrogens is 1. The summed E-state index contributed by atoms with van der Waals surface area (Å²) in [4.78, 5) is 23.8. The first kappa shape index (κ1) is 16.3. The summed E-state index contributed by atoms with van der Waals surface area (Å²) in [6.45, 7) is 3.10. The number of aryl methyl sites for hydroxylation is 1. The molecule has 0 saturated heterocycles. The standard InChI is InChI=1S/C14H12Cl2N2O4/c1-7-5-12(22-18-7)14(20)21-8(2)13(19)17-11-4-3-9(15)6-10(11)16/h3-6,8H,1-2H3,(H,17,19)/t8-/m0/s1. The van der Waals surface area contributed by atoms with E-state index >= 15 is 0 Å². The molecule has 6 nitrogen and oxygen atoms in total. The highest BCUT2D eigenvalue weighted by atomic mass is 35.5. The van der Waals surface area contributed by atoms with Gasteiger partial charge in [0.1, 0.15) is 0 Å². The zero-order chi connectivity index (χ0) is 16.3. The number of anilines is 1. The van der Waals surface area contributed by atoms with Crippen LogP contribution in [-0.2, 0) is 9.53 Å². The minimum Gasteiger partial charge on any atom is -0.447 e. The van der Waals surface area contributed by atoms with Crippen molar-refractivity contribution in [2.24, 2.45) is 0 Å². The van der Waals surface area contributed by atoms with E-state index in [1.807, 2.05) is 0 Å². The molecule has 0 saturated carbocycles. The van der Waals surface area contributed by atoms with Crippen molar-refractivity contribution < 1.29 is 18.8 Å². The Kier molecular flexibility index (Phi) is 5.05. The average Bonchev–Trinajstić information content (AvgIpc) is 2.88. The Balaban J connectivity index is 1.98. The first-order chi connectivity index (χ1) is 10.4. The third-order valence-electron chi connectivity index (χ3n) is 2.67. The number of rotatable bonds is 4. The Hall–Kier alpha value is -2.05. The summed E-state index contributed by atoms with van der Waals surface area (Å²) in [5.41, 5.74) is 0.909. The number of carbonyl (C=O) groups excluding carboxylic acids is 2. The van der Waals surface area contributed by atoms with Gasteiger partial charge in [-0.1, -0.05) is 28.4 Å². The number of ether oxygens (including phenoxy) is 1. The van der Waals surface area contributed by atoms with Gasteiger partial charge in [-0.3, -0.25) is 4.79 Å². The van der Waals surface area contributed by atoms with Gasteiger partial charge in [-0.2, -0.15) is 0 Å². The van der Waals surface area contributed by atoms with Gasteiger partial charge >= 0.3 is 5.97 Å². The lowest BCUT2D eigenvalue weighted by atomic mass is 10.3. The minimum atomic E-state index is -1.04. The van der Waals surface area contributed by atoms with E-state index in [0.29, 0.717) is 16.4 Å². The quantitative estimate of drug-likeness (QED) is 0.860. The Labute approximate surface area is 136 Å². The van der Waals surface area contributed by atoms with Crippen LogP contribution in [0, 0.1) is 6.92 Å². The summed E-state index contributed by atoms with van der Waals surface area (Å²) in [5.74, 6) is -1.37. The van der Waals surface area contributed by atoms with Gasteiger partial charge < -0.3 is 14.6 Å². The van der Waals surface area contributed by atoms with Crippen molar-refractivity contribution in [3.63, 3.8) is 0 Å². The van der Waals surface area contributed by atoms with Crippen molar-refractivity contribution in [2.75, 3.05) is 5.32 Å². The Bertz CT molecular complexity index is 715. The molecule has 0 aliphatic rings. The number of benzene rings is 1. The molecule has 1 amide bonds. The van der Waals surface area contributed by atoms with Crippen LogP contribution >= 0.6 is 23.2 Å². The Morgan fingerprint density at radius 1 is 1.32 bits per heavy atom. The topological polar surface area (TPSA) is 81.4 Å². The normalized spacial score (nSPS) is 11.8.